The van der Waals surface area contributed by atoms with Crippen LogP contribution in [0.3, 0.4) is 0 Å². The molecule has 0 bridgehead atoms. The number of carbonyl (C=O) groups excluding carboxylic acids is 1. The number of amides is 1. The quantitative estimate of drug-likeness (QED) is 0.783. The maximum Gasteiger partial charge on any atom is 0.230 e. The van der Waals surface area contributed by atoms with E-state index in [4.69, 9.17) is 0 Å². The van der Waals surface area contributed by atoms with Gasteiger partial charge in [-0.25, -0.2) is 4.39 Å². The molecular weight excluding hydrogens is 347 g/mol. The van der Waals surface area contributed by atoms with Gasteiger partial charge < -0.3 is 10.2 Å². The zero-order valence-corrected chi connectivity index (χ0v) is 15.7. The van der Waals surface area contributed by atoms with Crippen molar-refractivity contribution >= 4 is 23.4 Å². The number of anilines is 1. The average Bonchev–Trinajstić information content (AvgIpc) is 2.69. The highest BCUT2D eigenvalue weighted by atomic mass is 32.2. The molecule has 0 atom stereocenters. The van der Waals surface area contributed by atoms with E-state index in [9.17, 15) is 9.18 Å². The zero-order chi connectivity index (χ0) is 18.2. The van der Waals surface area contributed by atoms with Crippen molar-refractivity contribution < 1.29 is 9.18 Å². The summed E-state index contributed by atoms with van der Waals surface area (Å²) in [6.07, 6.45) is 3.88. The number of halogens is 1. The van der Waals surface area contributed by atoms with Gasteiger partial charge in [0.2, 0.25) is 5.91 Å². The van der Waals surface area contributed by atoms with Crippen LogP contribution in [0.4, 0.5) is 10.1 Å². The highest BCUT2D eigenvalue weighted by Gasteiger charge is 2.10. The van der Waals surface area contributed by atoms with Crippen LogP contribution in [0.1, 0.15) is 30.4 Å². The molecule has 26 heavy (non-hydrogen) atoms. The summed E-state index contributed by atoms with van der Waals surface area (Å²) >= 11 is 1.54. The standard InChI is InChI=1S/C21H25FN2OS/c22-19-8-4-18(5-9-19)15-26-16-21(25)23-14-17-6-10-20(11-7-17)24-12-2-1-3-13-24/h4-11H,1-3,12-16H2,(H,23,25). The number of hydrogen-bond donors (Lipinski definition) is 1. The van der Waals surface area contributed by atoms with Crippen LogP contribution in [0.5, 0.6) is 0 Å². The first-order valence-corrected chi connectivity index (χ1v) is 10.3. The molecule has 1 fully saturated rings. The molecule has 0 radical (unpaired) electrons. The van der Waals surface area contributed by atoms with Crippen LogP contribution in [-0.2, 0) is 17.1 Å². The Morgan fingerprint density at radius 3 is 2.31 bits per heavy atom. The number of benzene rings is 2. The Balaban J connectivity index is 1.37. The Kier molecular flexibility index (Phi) is 6.95. The summed E-state index contributed by atoms with van der Waals surface area (Å²) in [6, 6.07) is 14.9. The van der Waals surface area contributed by atoms with E-state index in [0.29, 0.717) is 18.1 Å². The van der Waals surface area contributed by atoms with E-state index < -0.39 is 0 Å². The topological polar surface area (TPSA) is 32.3 Å². The predicted octanol–water partition coefficient (Wildman–Crippen LogP) is 4.37. The molecule has 1 amide bonds. The van der Waals surface area contributed by atoms with Crippen molar-refractivity contribution in [2.24, 2.45) is 0 Å². The van der Waals surface area contributed by atoms with Crippen LogP contribution in [0.25, 0.3) is 0 Å². The van der Waals surface area contributed by atoms with Crippen molar-refractivity contribution in [1.29, 1.82) is 0 Å². The van der Waals surface area contributed by atoms with Gasteiger partial charge in [0.05, 0.1) is 5.75 Å². The van der Waals surface area contributed by atoms with Gasteiger partial charge in [-0.05, 0) is 54.7 Å². The van der Waals surface area contributed by atoms with Gasteiger partial charge in [0.1, 0.15) is 5.82 Å². The molecule has 138 valence electrons. The van der Waals surface area contributed by atoms with E-state index >= 15 is 0 Å². The van der Waals surface area contributed by atoms with Gasteiger partial charge in [0.25, 0.3) is 0 Å². The second-order valence-corrected chi connectivity index (χ2v) is 7.60. The number of thioether (sulfide) groups is 1. The van der Waals surface area contributed by atoms with Gasteiger partial charge in [0.15, 0.2) is 0 Å². The first kappa shape index (κ1) is 18.8. The smallest absolute Gasteiger partial charge is 0.230 e. The number of piperidine rings is 1. The Labute approximate surface area is 159 Å². The van der Waals surface area contributed by atoms with Crippen LogP contribution in [0.15, 0.2) is 48.5 Å². The van der Waals surface area contributed by atoms with Crippen molar-refractivity contribution in [3.8, 4) is 0 Å². The fraction of sp³-hybridized carbons (Fsp3) is 0.381. The van der Waals surface area contributed by atoms with E-state index in [-0.39, 0.29) is 11.7 Å². The molecule has 0 saturated carbocycles. The first-order valence-electron chi connectivity index (χ1n) is 9.13. The molecule has 0 spiro atoms. The molecule has 0 aromatic heterocycles. The third-order valence-electron chi connectivity index (χ3n) is 4.56. The van der Waals surface area contributed by atoms with Gasteiger partial charge in [-0.3, -0.25) is 4.79 Å². The summed E-state index contributed by atoms with van der Waals surface area (Å²) < 4.78 is 12.9. The third kappa shape index (κ3) is 5.77. The molecule has 3 nitrogen and oxygen atoms in total. The van der Waals surface area contributed by atoms with Crippen molar-refractivity contribution in [2.75, 3.05) is 23.7 Å². The minimum absolute atomic E-state index is 0.0252. The summed E-state index contributed by atoms with van der Waals surface area (Å²) in [6.45, 7) is 2.83. The molecular formula is C21H25FN2OS. The maximum atomic E-state index is 12.9. The highest BCUT2D eigenvalue weighted by Crippen LogP contribution is 2.20. The fourth-order valence-corrected chi connectivity index (χ4v) is 3.89. The lowest BCUT2D eigenvalue weighted by molar-refractivity contribution is -0.118. The zero-order valence-electron chi connectivity index (χ0n) is 14.9. The molecule has 1 aliphatic heterocycles. The van der Waals surface area contributed by atoms with Crippen molar-refractivity contribution in [1.82, 2.24) is 5.32 Å². The summed E-state index contributed by atoms with van der Waals surface area (Å²) in [5.41, 5.74) is 3.41. The van der Waals surface area contributed by atoms with E-state index in [1.165, 1.54) is 48.8 Å². The second-order valence-electron chi connectivity index (χ2n) is 6.61. The van der Waals surface area contributed by atoms with Crippen LogP contribution in [-0.4, -0.2) is 24.7 Å². The number of nitrogens with one attached hydrogen (secondary N) is 1. The average molecular weight is 373 g/mol. The van der Waals surface area contributed by atoms with Crippen LogP contribution >= 0.6 is 11.8 Å². The molecule has 1 aliphatic rings. The lowest BCUT2D eigenvalue weighted by Gasteiger charge is -2.28. The van der Waals surface area contributed by atoms with E-state index in [2.05, 4.69) is 34.5 Å². The molecule has 1 N–H and O–H groups in total. The van der Waals surface area contributed by atoms with Crippen molar-refractivity contribution in [3.63, 3.8) is 0 Å². The molecule has 0 aliphatic carbocycles. The van der Waals surface area contributed by atoms with Gasteiger partial charge in [0, 0.05) is 31.1 Å². The van der Waals surface area contributed by atoms with Crippen molar-refractivity contribution in [2.45, 2.75) is 31.6 Å². The van der Waals surface area contributed by atoms with Gasteiger partial charge in [-0.15, -0.1) is 11.8 Å². The van der Waals surface area contributed by atoms with Crippen molar-refractivity contribution in [3.05, 3.63) is 65.5 Å². The number of hydrogen-bond acceptors (Lipinski definition) is 3. The molecule has 5 heteroatoms. The minimum Gasteiger partial charge on any atom is -0.372 e. The fourth-order valence-electron chi connectivity index (χ4n) is 3.07. The molecule has 2 aromatic carbocycles. The Morgan fingerprint density at radius 2 is 1.62 bits per heavy atom. The third-order valence-corrected chi connectivity index (χ3v) is 5.57. The van der Waals surface area contributed by atoms with E-state index in [1.807, 2.05) is 0 Å². The van der Waals surface area contributed by atoms with Gasteiger partial charge >= 0.3 is 0 Å². The van der Waals surface area contributed by atoms with Gasteiger partial charge in [-0.2, -0.15) is 0 Å². The summed E-state index contributed by atoms with van der Waals surface area (Å²) in [5, 5.41) is 2.96. The summed E-state index contributed by atoms with van der Waals surface area (Å²) in [4.78, 5) is 14.4. The summed E-state index contributed by atoms with van der Waals surface area (Å²) in [5.74, 6) is 0.904. The maximum absolute atomic E-state index is 12.9. The first-order chi connectivity index (χ1) is 12.7. The monoisotopic (exact) mass is 372 g/mol. The van der Waals surface area contributed by atoms with E-state index in [0.717, 1.165) is 24.2 Å². The predicted molar refractivity (Wildman–Crippen MR) is 107 cm³/mol. The summed E-state index contributed by atoms with van der Waals surface area (Å²) in [7, 11) is 0. The second kappa shape index (κ2) is 9.62. The normalized spacial score (nSPS) is 14.3. The molecule has 1 saturated heterocycles. The van der Waals surface area contributed by atoms with Crippen LogP contribution < -0.4 is 10.2 Å². The van der Waals surface area contributed by atoms with Crippen LogP contribution in [0.2, 0.25) is 0 Å². The number of nitrogens with zero attached hydrogens (tertiary/aromatic N) is 1. The van der Waals surface area contributed by atoms with Gasteiger partial charge in [-0.1, -0.05) is 24.3 Å². The highest BCUT2D eigenvalue weighted by molar-refractivity contribution is 7.99. The Hall–Kier alpha value is -2.01. The SMILES string of the molecule is O=C(CSCc1ccc(F)cc1)NCc1ccc(N2CCCCC2)cc1. The molecule has 0 unspecified atom stereocenters. The lowest BCUT2D eigenvalue weighted by atomic mass is 10.1. The lowest BCUT2D eigenvalue weighted by Crippen LogP contribution is -2.29. The molecule has 1 heterocycles. The Bertz CT molecular complexity index is 697. The number of carbonyl (C=O) groups is 1. The largest absolute Gasteiger partial charge is 0.372 e. The number of rotatable bonds is 7. The molecule has 2 aromatic rings. The van der Waals surface area contributed by atoms with Crippen LogP contribution in [0, 0.1) is 5.82 Å². The Morgan fingerprint density at radius 1 is 0.962 bits per heavy atom. The van der Waals surface area contributed by atoms with E-state index in [1.54, 1.807) is 12.1 Å². The molecule has 3 rings (SSSR count). The minimum atomic E-state index is -0.234.